The van der Waals surface area contributed by atoms with Crippen LogP contribution in [0.15, 0.2) is 0 Å². The van der Waals surface area contributed by atoms with Gasteiger partial charge in [0.1, 0.15) is 0 Å². The van der Waals surface area contributed by atoms with E-state index in [1.54, 1.807) is 7.11 Å². The van der Waals surface area contributed by atoms with Crippen molar-refractivity contribution in [1.29, 1.82) is 0 Å². The fourth-order valence-electron chi connectivity index (χ4n) is 0.924. The number of carbonyl (C=O) groups is 1. The fourth-order valence-corrected chi connectivity index (χ4v) is 0.924. The van der Waals surface area contributed by atoms with Crippen molar-refractivity contribution in [2.45, 2.75) is 25.7 Å². The summed E-state index contributed by atoms with van der Waals surface area (Å²) in [4.78, 5) is 10.3. The van der Waals surface area contributed by atoms with Gasteiger partial charge in [-0.05, 0) is 12.8 Å². The molecule has 0 radical (unpaired) electrons. The van der Waals surface area contributed by atoms with Gasteiger partial charge in [0.25, 0.3) is 0 Å². The van der Waals surface area contributed by atoms with Crippen molar-refractivity contribution in [3.63, 3.8) is 0 Å². The van der Waals surface area contributed by atoms with Crippen LogP contribution in [-0.4, -0.2) is 32.8 Å². The molecule has 0 saturated heterocycles. The zero-order valence-electron chi connectivity index (χ0n) is 8.25. The fraction of sp³-hybridized carbons (Fsp3) is 0.889. The Morgan fingerprint density at radius 2 is 1.92 bits per heavy atom. The van der Waals surface area contributed by atoms with Gasteiger partial charge in [-0.25, -0.2) is 0 Å². The Bertz CT molecular complexity index is 128. The quantitative estimate of drug-likeness (QED) is 0.543. The number of hydrogen-bond acceptors (Lipinski definition) is 3. The van der Waals surface area contributed by atoms with Crippen molar-refractivity contribution in [2.24, 2.45) is 5.73 Å². The van der Waals surface area contributed by atoms with Gasteiger partial charge in [-0.2, -0.15) is 0 Å². The Morgan fingerprint density at radius 3 is 2.54 bits per heavy atom. The molecule has 0 saturated carbocycles. The minimum Gasteiger partial charge on any atom is -0.382 e. The Kier molecular flexibility index (Phi) is 9.03. The van der Waals surface area contributed by atoms with E-state index in [9.17, 15) is 4.79 Å². The number of primary amides is 1. The Morgan fingerprint density at radius 1 is 1.15 bits per heavy atom. The summed E-state index contributed by atoms with van der Waals surface area (Å²) in [5, 5.41) is 0. The highest BCUT2D eigenvalue weighted by Gasteiger charge is 1.94. The Hall–Kier alpha value is -0.610. The monoisotopic (exact) mass is 189 g/mol. The molecule has 0 aliphatic heterocycles. The molecule has 0 spiro atoms. The van der Waals surface area contributed by atoms with Crippen molar-refractivity contribution >= 4 is 5.91 Å². The SMILES string of the molecule is COCCOCCCCCC(N)=O. The van der Waals surface area contributed by atoms with E-state index < -0.39 is 0 Å². The third-order valence-corrected chi connectivity index (χ3v) is 1.64. The van der Waals surface area contributed by atoms with Gasteiger partial charge in [0.05, 0.1) is 13.2 Å². The van der Waals surface area contributed by atoms with Crippen LogP contribution < -0.4 is 5.73 Å². The van der Waals surface area contributed by atoms with E-state index in [1.165, 1.54) is 0 Å². The number of methoxy groups -OCH3 is 1. The van der Waals surface area contributed by atoms with Gasteiger partial charge < -0.3 is 15.2 Å². The van der Waals surface area contributed by atoms with Crippen LogP contribution in [0.2, 0.25) is 0 Å². The predicted molar refractivity (Wildman–Crippen MR) is 50.4 cm³/mol. The number of unbranched alkanes of at least 4 members (excludes halogenated alkanes) is 2. The topological polar surface area (TPSA) is 61.6 Å². The van der Waals surface area contributed by atoms with Crippen LogP contribution in [0.25, 0.3) is 0 Å². The van der Waals surface area contributed by atoms with E-state index in [2.05, 4.69) is 0 Å². The summed E-state index contributed by atoms with van der Waals surface area (Å²) < 4.78 is 10.1. The van der Waals surface area contributed by atoms with E-state index in [-0.39, 0.29) is 5.91 Å². The van der Waals surface area contributed by atoms with Crippen molar-refractivity contribution in [3.05, 3.63) is 0 Å². The molecule has 0 aromatic carbocycles. The summed E-state index contributed by atoms with van der Waals surface area (Å²) in [5.74, 6) is -0.222. The van der Waals surface area contributed by atoms with Gasteiger partial charge in [0.15, 0.2) is 0 Å². The standard InChI is InChI=1S/C9H19NO3/c1-12-7-8-13-6-4-2-3-5-9(10)11/h2-8H2,1H3,(H2,10,11). The lowest BCUT2D eigenvalue weighted by molar-refractivity contribution is -0.118. The number of carbonyl (C=O) groups excluding carboxylic acids is 1. The predicted octanol–water partition coefficient (Wildman–Crippen LogP) is 0.695. The molecule has 0 heterocycles. The zero-order valence-corrected chi connectivity index (χ0v) is 8.25. The third kappa shape index (κ3) is 11.4. The molecule has 0 aliphatic carbocycles. The van der Waals surface area contributed by atoms with Gasteiger partial charge in [0.2, 0.25) is 5.91 Å². The largest absolute Gasteiger partial charge is 0.382 e. The van der Waals surface area contributed by atoms with Crippen LogP contribution in [0.1, 0.15) is 25.7 Å². The molecule has 0 aliphatic rings. The molecule has 0 aromatic heterocycles. The van der Waals surface area contributed by atoms with Crippen molar-refractivity contribution in [1.82, 2.24) is 0 Å². The maximum atomic E-state index is 10.3. The summed E-state index contributed by atoms with van der Waals surface area (Å²) in [6, 6.07) is 0. The van der Waals surface area contributed by atoms with Crippen LogP contribution in [0.5, 0.6) is 0 Å². The van der Waals surface area contributed by atoms with Crippen LogP contribution in [0.4, 0.5) is 0 Å². The van der Waals surface area contributed by atoms with E-state index in [4.69, 9.17) is 15.2 Å². The molecule has 78 valence electrons. The maximum Gasteiger partial charge on any atom is 0.217 e. The molecule has 0 atom stereocenters. The molecule has 4 nitrogen and oxygen atoms in total. The van der Waals surface area contributed by atoms with E-state index in [0.717, 1.165) is 25.9 Å². The second kappa shape index (κ2) is 9.48. The first-order valence-electron chi connectivity index (χ1n) is 4.62. The number of ether oxygens (including phenoxy) is 2. The summed E-state index contributed by atoms with van der Waals surface area (Å²) >= 11 is 0. The molecule has 0 unspecified atom stereocenters. The smallest absolute Gasteiger partial charge is 0.217 e. The lowest BCUT2D eigenvalue weighted by atomic mass is 10.2. The number of hydrogen-bond donors (Lipinski definition) is 1. The van der Waals surface area contributed by atoms with Gasteiger partial charge >= 0.3 is 0 Å². The van der Waals surface area contributed by atoms with Crippen LogP contribution in [-0.2, 0) is 14.3 Å². The lowest BCUT2D eigenvalue weighted by Gasteiger charge is -2.02. The minimum atomic E-state index is -0.222. The Balaban J connectivity index is 2.87. The first kappa shape index (κ1) is 12.4. The molecule has 0 rings (SSSR count). The molecule has 13 heavy (non-hydrogen) atoms. The second-order valence-corrected chi connectivity index (χ2v) is 2.88. The third-order valence-electron chi connectivity index (χ3n) is 1.64. The second-order valence-electron chi connectivity index (χ2n) is 2.88. The van der Waals surface area contributed by atoms with Gasteiger partial charge in [0, 0.05) is 20.1 Å². The summed E-state index contributed by atoms with van der Waals surface area (Å²) in [5.41, 5.74) is 4.99. The molecular formula is C9H19NO3. The van der Waals surface area contributed by atoms with E-state index in [0.29, 0.717) is 19.6 Å². The molecule has 1 amide bonds. The van der Waals surface area contributed by atoms with Crippen molar-refractivity contribution in [3.8, 4) is 0 Å². The molecular weight excluding hydrogens is 170 g/mol. The number of amides is 1. The first-order chi connectivity index (χ1) is 6.27. The summed E-state index contributed by atoms with van der Waals surface area (Å²) in [7, 11) is 1.65. The summed E-state index contributed by atoms with van der Waals surface area (Å²) in [6.45, 7) is 2.02. The maximum absolute atomic E-state index is 10.3. The number of nitrogens with two attached hydrogens (primary N) is 1. The molecule has 0 bridgehead atoms. The lowest BCUT2D eigenvalue weighted by Crippen LogP contribution is -2.09. The normalized spacial score (nSPS) is 10.2. The van der Waals surface area contributed by atoms with Crippen LogP contribution >= 0.6 is 0 Å². The molecule has 2 N–H and O–H groups in total. The highest BCUT2D eigenvalue weighted by molar-refractivity contribution is 5.73. The highest BCUT2D eigenvalue weighted by atomic mass is 16.5. The molecule has 0 fully saturated rings. The van der Waals surface area contributed by atoms with E-state index in [1.807, 2.05) is 0 Å². The van der Waals surface area contributed by atoms with Crippen molar-refractivity contribution in [2.75, 3.05) is 26.9 Å². The Labute approximate surface area is 79.4 Å². The zero-order chi connectivity index (χ0) is 9.94. The van der Waals surface area contributed by atoms with Crippen molar-refractivity contribution < 1.29 is 14.3 Å². The van der Waals surface area contributed by atoms with Gasteiger partial charge in [-0.1, -0.05) is 6.42 Å². The van der Waals surface area contributed by atoms with Gasteiger partial charge in [-0.15, -0.1) is 0 Å². The number of rotatable bonds is 9. The van der Waals surface area contributed by atoms with Crippen LogP contribution in [0, 0.1) is 0 Å². The first-order valence-corrected chi connectivity index (χ1v) is 4.62. The van der Waals surface area contributed by atoms with Gasteiger partial charge in [-0.3, -0.25) is 4.79 Å². The average molecular weight is 189 g/mol. The average Bonchev–Trinajstić information content (AvgIpc) is 2.09. The summed E-state index contributed by atoms with van der Waals surface area (Å²) in [6.07, 6.45) is 3.33. The molecule has 4 heteroatoms. The highest BCUT2D eigenvalue weighted by Crippen LogP contribution is 1.99. The minimum absolute atomic E-state index is 0.222. The molecule has 0 aromatic rings. The van der Waals surface area contributed by atoms with E-state index >= 15 is 0 Å². The van der Waals surface area contributed by atoms with Crippen LogP contribution in [0.3, 0.4) is 0 Å².